The molecule has 0 radical (unpaired) electrons. The SMILES string of the molecule is CCC(NC1CNC(=O)C1)c1ccccc1OC. The molecule has 0 aliphatic carbocycles. The number of benzene rings is 1. The van der Waals surface area contributed by atoms with Crippen molar-refractivity contribution >= 4 is 5.91 Å². The Morgan fingerprint density at radius 1 is 1.50 bits per heavy atom. The quantitative estimate of drug-likeness (QED) is 0.832. The number of amides is 1. The maximum absolute atomic E-state index is 11.2. The topological polar surface area (TPSA) is 50.4 Å². The van der Waals surface area contributed by atoms with E-state index in [0.717, 1.165) is 17.7 Å². The number of rotatable bonds is 5. The highest BCUT2D eigenvalue weighted by Crippen LogP contribution is 2.27. The van der Waals surface area contributed by atoms with Crippen molar-refractivity contribution in [3.63, 3.8) is 0 Å². The molecule has 4 nitrogen and oxygen atoms in total. The molecule has 98 valence electrons. The summed E-state index contributed by atoms with van der Waals surface area (Å²) in [6.07, 6.45) is 1.52. The van der Waals surface area contributed by atoms with Crippen LogP contribution in [0.2, 0.25) is 0 Å². The Balaban J connectivity index is 2.10. The smallest absolute Gasteiger partial charge is 0.221 e. The van der Waals surface area contributed by atoms with Crippen molar-refractivity contribution in [3.8, 4) is 5.75 Å². The minimum absolute atomic E-state index is 0.127. The number of methoxy groups -OCH3 is 1. The molecule has 2 N–H and O–H groups in total. The summed E-state index contributed by atoms with van der Waals surface area (Å²) < 4.78 is 5.39. The fourth-order valence-corrected chi connectivity index (χ4v) is 2.39. The summed E-state index contributed by atoms with van der Waals surface area (Å²) in [5, 5.41) is 6.37. The summed E-state index contributed by atoms with van der Waals surface area (Å²) in [7, 11) is 1.69. The van der Waals surface area contributed by atoms with E-state index in [2.05, 4.69) is 23.6 Å². The van der Waals surface area contributed by atoms with Gasteiger partial charge in [0.15, 0.2) is 0 Å². The van der Waals surface area contributed by atoms with Crippen LogP contribution in [0.1, 0.15) is 31.4 Å². The van der Waals surface area contributed by atoms with Crippen LogP contribution in [0.4, 0.5) is 0 Å². The van der Waals surface area contributed by atoms with Crippen molar-refractivity contribution in [1.82, 2.24) is 10.6 Å². The maximum Gasteiger partial charge on any atom is 0.221 e. The predicted molar refractivity (Wildman–Crippen MR) is 70.6 cm³/mol. The molecule has 18 heavy (non-hydrogen) atoms. The highest BCUT2D eigenvalue weighted by molar-refractivity contribution is 5.78. The summed E-state index contributed by atoms with van der Waals surface area (Å²) in [4.78, 5) is 11.2. The molecule has 1 fully saturated rings. The first-order chi connectivity index (χ1) is 8.74. The maximum atomic E-state index is 11.2. The van der Waals surface area contributed by atoms with E-state index < -0.39 is 0 Å². The van der Waals surface area contributed by atoms with Gasteiger partial charge in [-0.1, -0.05) is 25.1 Å². The lowest BCUT2D eigenvalue weighted by molar-refractivity contribution is -0.119. The summed E-state index contributed by atoms with van der Waals surface area (Å²) in [5.74, 6) is 1.02. The Morgan fingerprint density at radius 3 is 2.89 bits per heavy atom. The molecule has 0 aromatic heterocycles. The largest absolute Gasteiger partial charge is 0.496 e. The molecule has 4 heteroatoms. The first-order valence-electron chi connectivity index (χ1n) is 6.40. The van der Waals surface area contributed by atoms with E-state index in [4.69, 9.17) is 4.74 Å². The van der Waals surface area contributed by atoms with Crippen molar-refractivity contribution in [2.45, 2.75) is 31.8 Å². The van der Waals surface area contributed by atoms with Gasteiger partial charge < -0.3 is 15.4 Å². The molecule has 1 amide bonds. The number of nitrogens with one attached hydrogen (secondary N) is 2. The molecule has 1 aliphatic rings. The van der Waals surface area contributed by atoms with E-state index in [1.54, 1.807) is 7.11 Å². The van der Waals surface area contributed by atoms with Gasteiger partial charge in [0.1, 0.15) is 5.75 Å². The van der Waals surface area contributed by atoms with E-state index in [1.807, 2.05) is 18.2 Å². The highest BCUT2D eigenvalue weighted by Gasteiger charge is 2.24. The molecule has 1 aromatic carbocycles. The number of hydrogen-bond donors (Lipinski definition) is 2. The van der Waals surface area contributed by atoms with Gasteiger partial charge in [0.25, 0.3) is 0 Å². The van der Waals surface area contributed by atoms with Crippen LogP contribution in [0.15, 0.2) is 24.3 Å². The minimum atomic E-state index is 0.127. The normalized spacial score (nSPS) is 20.6. The minimum Gasteiger partial charge on any atom is -0.496 e. The van der Waals surface area contributed by atoms with Crippen LogP contribution in [-0.4, -0.2) is 25.6 Å². The monoisotopic (exact) mass is 248 g/mol. The van der Waals surface area contributed by atoms with Crippen LogP contribution in [0.5, 0.6) is 5.75 Å². The summed E-state index contributed by atoms with van der Waals surface area (Å²) in [5.41, 5.74) is 1.15. The standard InChI is InChI=1S/C14H20N2O2/c1-3-12(16-10-8-14(17)15-9-10)11-6-4-5-7-13(11)18-2/h4-7,10,12,16H,3,8-9H2,1-2H3,(H,15,17). The fraction of sp³-hybridized carbons (Fsp3) is 0.500. The lowest BCUT2D eigenvalue weighted by Gasteiger charge is -2.23. The number of carbonyl (C=O) groups excluding carboxylic acids is 1. The van der Waals surface area contributed by atoms with Crippen molar-refractivity contribution in [1.29, 1.82) is 0 Å². The Labute approximate surface area is 108 Å². The van der Waals surface area contributed by atoms with Crippen molar-refractivity contribution in [3.05, 3.63) is 29.8 Å². The molecule has 0 bridgehead atoms. The third kappa shape index (κ3) is 2.82. The van der Waals surface area contributed by atoms with Gasteiger partial charge in [-0.25, -0.2) is 0 Å². The van der Waals surface area contributed by atoms with Gasteiger partial charge in [0.05, 0.1) is 7.11 Å². The van der Waals surface area contributed by atoms with Crippen LogP contribution in [0.25, 0.3) is 0 Å². The van der Waals surface area contributed by atoms with Crippen molar-refractivity contribution in [2.75, 3.05) is 13.7 Å². The molecule has 1 heterocycles. The van der Waals surface area contributed by atoms with Crippen LogP contribution in [0.3, 0.4) is 0 Å². The summed E-state index contributed by atoms with van der Waals surface area (Å²) >= 11 is 0. The summed E-state index contributed by atoms with van der Waals surface area (Å²) in [6, 6.07) is 8.46. The molecule has 1 saturated heterocycles. The molecule has 2 unspecified atom stereocenters. The van der Waals surface area contributed by atoms with Crippen molar-refractivity contribution in [2.24, 2.45) is 0 Å². The first-order valence-corrected chi connectivity index (χ1v) is 6.40. The Bertz CT molecular complexity index is 420. The zero-order valence-electron chi connectivity index (χ0n) is 10.9. The second-order valence-corrected chi connectivity index (χ2v) is 4.57. The average Bonchev–Trinajstić information content (AvgIpc) is 2.81. The highest BCUT2D eigenvalue weighted by atomic mass is 16.5. The summed E-state index contributed by atoms with van der Waals surface area (Å²) in [6.45, 7) is 2.85. The van der Waals surface area contributed by atoms with E-state index in [1.165, 1.54) is 0 Å². The van der Waals surface area contributed by atoms with Crippen molar-refractivity contribution < 1.29 is 9.53 Å². The van der Waals surface area contributed by atoms with Gasteiger partial charge in [-0.2, -0.15) is 0 Å². The Kier molecular flexibility index (Phi) is 4.20. The number of hydrogen-bond acceptors (Lipinski definition) is 3. The molecule has 1 aromatic rings. The third-order valence-electron chi connectivity index (χ3n) is 3.34. The molecular weight excluding hydrogens is 228 g/mol. The Hall–Kier alpha value is -1.55. The molecule has 2 rings (SSSR count). The van der Waals surface area contributed by atoms with Gasteiger partial charge in [-0.05, 0) is 12.5 Å². The molecular formula is C14H20N2O2. The van der Waals surface area contributed by atoms with E-state index in [9.17, 15) is 4.79 Å². The van der Waals surface area contributed by atoms with Gasteiger partial charge in [0.2, 0.25) is 5.91 Å². The zero-order chi connectivity index (χ0) is 13.0. The number of para-hydroxylation sites is 1. The van der Waals surface area contributed by atoms with Gasteiger partial charge in [0, 0.05) is 30.6 Å². The van der Waals surface area contributed by atoms with Gasteiger partial charge in [-0.15, -0.1) is 0 Å². The first kappa shape index (κ1) is 12.9. The predicted octanol–water partition coefficient (Wildman–Crippen LogP) is 1.62. The fourth-order valence-electron chi connectivity index (χ4n) is 2.39. The molecule has 2 atom stereocenters. The van der Waals surface area contributed by atoms with Crippen LogP contribution in [-0.2, 0) is 4.79 Å². The zero-order valence-corrected chi connectivity index (χ0v) is 10.9. The van der Waals surface area contributed by atoms with E-state index in [0.29, 0.717) is 13.0 Å². The Morgan fingerprint density at radius 2 is 2.28 bits per heavy atom. The molecule has 0 saturated carbocycles. The van der Waals surface area contributed by atoms with E-state index in [-0.39, 0.29) is 18.0 Å². The lowest BCUT2D eigenvalue weighted by Crippen LogP contribution is -2.34. The number of ether oxygens (including phenoxy) is 1. The average molecular weight is 248 g/mol. The second-order valence-electron chi connectivity index (χ2n) is 4.57. The third-order valence-corrected chi connectivity index (χ3v) is 3.34. The number of carbonyl (C=O) groups is 1. The van der Waals surface area contributed by atoms with Gasteiger partial charge in [-0.3, -0.25) is 4.79 Å². The molecule has 1 aliphatic heterocycles. The van der Waals surface area contributed by atoms with Crippen LogP contribution < -0.4 is 15.4 Å². The molecule has 0 spiro atoms. The van der Waals surface area contributed by atoms with E-state index >= 15 is 0 Å². The van der Waals surface area contributed by atoms with Crippen LogP contribution >= 0.6 is 0 Å². The van der Waals surface area contributed by atoms with Gasteiger partial charge >= 0.3 is 0 Å². The lowest BCUT2D eigenvalue weighted by atomic mass is 10.0. The second kappa shape index (κ2) is 5.87. The van der Waals surface area contributed by atoms with Crippen LogP contribution in [0, 0.1) is 0 Å².